The summed E-state index contributed by atoms with van der Waals surface area (Å²) in [4.78, 5) is 4.23. The average molecular weight is 324 g/mol. The molecule has 1 aliphatic rings. The number of nitrogens with zero attached hydrogens (tertiary/aromatic N) is 1. The first-order chi connectivity index (χ1) is 10.0. The largest absolute Gasteiger partial charge is 0.393 e. The quantitative estimate of drug-likeness (QED) is 0.908. The molecule has 1 atom stereocenters. The number of pyridine rings is 1. The molecule has 2 aromatic rings. The first-order valence-corrected chi connectivity index (χ1v) is 7.51. The maximum Gasteiger partial charge on any atom is 0.106 e. The highest BCUT2D eigenvalue weighted by atomic mass is 35.5. The van der Waals surface area contributed by atoms with Gasteiger partial charge in [-0.2, -0.15) is 0 Å². The van der Waals surface area contributed by atoms with Gasteiger partial charge < -0.3 is 10.2 Å². The molecule has 1 fully saturated rings. The molecule has 0 spiro atoms. The minimum Gasteiger partial charge on any atom is -0.393 e. The van der Waals surface area contributed by atoms with Crippen LogP contribution in [0.5, 0.6) is 0 Å². The molecule has 1 aromatic heterocycles. The van der Waals surface area contributed by atoms with Gasteiger partial charge in [-0.05, 0) is 42.7 Å². The molecule has 3 nitrogen and oxygen atoms in total. The fraction of sp³-hybridized carbons (Fsp3) is 0.312. The summed E-state index contributed by atoms with van der Waals surface area (Å²) in [5.41, 5.74) is 0.901. The van der Waals surface area contributed by atoms with E-state index in [1.807, 2.05) is 12.1 Å². The van der Waals surface area contributed by atoms with Crippen LogP contribution < -0.4 is 0 Å². The molecule has 5 heteroatoms. The molecule has 1 aliphatic carbocycles. The lowest BCUT2D eigenvalue weighted by Gasteiger charge is -2.48. The van der Waals surface area contributed by atoms with Crippen molar-refractivity contribution >= 4 is 23.2 Å². The molecule has 1 heterocycles. The molecule has 0 aliphatic heterocycles. The second-order valence-corrected chi connectivity index (χ2v) is 6.32. The Labute approximate surface area is 133 Å². The van der Waals surface area contributed by atoms with Crippen LogP contribution in [0.2, 0.25) is 10.0 Å². The molecule has 0 amide bonds. The molecule has 0 saturated heterocycles. The number of hydrogen-bond donors (Lipinski definition) is 2. The van der Waals surface area contributed by atoms with Crippen molar-refractivity contribution < 1.29 is 10.2 Å². The Kier molecular flexibility index (Phi) is 3.93. The number of halogens is 2. The molecule has 110 valence electrons. The number of aromatic nitrogens is 1. The third-order valence-corrected chi connectivity index (χ3v) is 4.92. The number of hydrogen-bond acceptors (Lipinski definition) is 3. The van der Waals surface area contributed by atoms with Gasteiger partial charge in [0.1, 0.15) is 6.10 Å². The van der Waals surface area contributed by atoms with Gasteiger partial charge in [0.25, 0.3) is 0 Å². The lowest BCUT2D eigenvalue weighted by Crippen LogP contribution is -2.49. The minimum absolute atomic E-state index is 0.419. The fourth-order valence-corrected chi connectivity index (χ4v) is 3.32. The van der Waals surface area contributed by atoms with E-state index in [1.54, 1.807) is 30.5 Å². The Balaban J connectivity index is 2.02. The summed E-state index contributed by atoms with van der Waals surface area (Å²) < 4.78 is 0. The topological polar surface area (TPSA) is 53.4 Å². The van der Waals surface area contributed by atoms with Crippen molar-refractivity contribution in [3.05, 3.63) is 63.9 Å². The van der Waals surface area contributed by atoms with Crippen LogP contribution in [0.15, 0.2) is 42.6 Å². The Bertz CT molecular complexity index is 642. The Hall–Kier alpha value is -1.13. The van der Waals surface area contributed by atoms with E-state index in [2.05, 4.69) is 4.98 Å². The average Bonchev–Trinajstić information content (AvgIpc) is 2.47. The maximum atomic E-state index is 10.8. The van der Waals surface area contributed by atoms with Crippen molar-refractivity contribution in [2.45, 2.75) is 30.5 Å². The van der Waals surface area contributed by atoms with Gasteiger partial charge in [0, 0.05) is 11.6 Å². The van der Waals surface area contributed by atoms with Crippen molar-refractivity contribution in [1.29, 1.82) is 0 Å². The Morgan fingerprint density at radius 1 is 1.14 bits per heavy atom. The van der Waals surface area contributed by atoms with Crippen molar-refractivity contribution in [1.82, 2.24) is 4.98 Å². The summed E-state index contributed by atoms with van der Waals surface area (Å²) in [5.74, 6) is 0. The summed E-state index contributed by atoms with van der Waals surface area (Å²) in [6.07, 6.45) is 1.39. The standard InChI is InChI=1S/C16H15Cl2NO2/c17-12-5-4-10(7-13(12)18)16(8-11(20)9-16)15(21)14-3-1-2-6-19-14/h1-7,11,15,20-21H,8-9H2/t11?,15-,16?/m0/s1. The molecule has 21 heavy (non-hydrogen) atoms. The third-order valence-electron chi connectivity index (χ3n) is 4.19. The molecule has 1 saturated carbocycles. The van der Waals surface area contributed by atoms with Gasteiger partial charge in [0.15, 0.2) is 0 Å². The minimum atomic E-state index is -0.792. The van der Waals surface area contributed by atoms with Gasteiger partial charge in [-0.3, -0.25) is 4.98 Å². The molecule has 0 bridgehead atoms. The third kappa shape index (κ3) is 2.55. The zero-order chi connectivity index (χ0) is 15.0. The van der Waals surface area contributed by atoms with Gasteiger partial charge in [0.2, 0.25) is 0 Å². The van der Waals surface area contributed by atoms with E-state index < -0.39 is 17.6 Å². The molecule has 3 rings (SSSR count). The van der Waals surface area contributed by atoms with E-state index in [9.17, 15) is 10.2 Å². The van der Waals surface area contributed by atoms with Gasteiger partial charge >= 0.3 is 0 Å². The van der Waals surface area contributed by atoms with Crippen LogP contribution in [0, 0.1) is 0 Å². The lowest BCUT2D eigenvalue weighted by molar-refractivity contribution is -0.0591. The monoisotopic (exact) mass is 323 g/mol. The number of aliphatic hydroxyl groups excluding tert-OH is 2. The first kappa shape index (κ1) is 14.8. The van der Waals surface area contributed by atoms with Crippen LogP contribution in [-0.4, -0.2) is 21.3 Å². The van der Waals surface area contributed by atoms with Crippen LogP contribution in [0.1, 0.15) is 30.2 Å². The molecular weight excluding hydrogens is 309 g/mol. The van der Waals surface area contributed by atoms with Gasteiger partial charge in [-0.15, -0.1) is 0 Å². The second kappa shape index (κ2) is 5.58. The van der Waals surface area contributed by atoms with Gasteiger partial charge in [0.05, 0.1) is 21.8 Å². The van der Waals surface area contributed by atoms with Gasteiger partial charge in [-0.25, -0.2) is 0 Å². The molecule has 0 unspecified atom stereocenters. The number of rotatable bonds is 3. The summed E-state index contributed by atoms with van der Waals surface area (Å²) >= 11 is 12.1. The van der Waals surface area contributed by atoms with Crippen molar-refractivity contribution in [3.63, 3.8) is 0 Å². The van der Waals surface area contributed by atoms with E-state index in [-0.39, 0.29) is 0 Å². The van der Waals surface area contributed by atoms with Crippen LogP contribution in [0.3, 0.4) is 0 Å². The van der Waals surface area contributed by atoms with Crippen LogP contribution in [-0.2, 0) is 5.41 Å². The molecule has 1 aromatic carbocycles. The van der Waals surface area contributed by atoms with Crippen LogP contribution in [0.25, 0.3) is 0 Å². The predicted molar refractivity (Wildman–Crippen MR) is 82.6 cm³/mol. The fourth-order valence-electron chi connectivity index (χ4n) is 3.02. The number of benzene rings is 1. The van der Waals surface area contributed by atoms with E-state index in [0.29, 0.717) is 28.6 Å². The predicted octanol–water partition coefficient (Wildman–Crippen LogP) is 3.51. The van der Waals surface area contributed by atoms with E-state index in [4.69, 9.17) is 23.2 Å². The molecule has 0 radical (unpaired) electrons. The highest BCUT2D eigenvalue weighted by molar-refractivity contribution is 6.42. The molecular formula is C16H15Cl2NO2. The SMILES string of the molecule is OC1CC(c2ccc(Cl)c(Cl)c2)([C@@H](O)c2ccccn2)C1. The lowest BCUT2D eigenvalue weighted by atomic mass is 9.59. The zero-order valence-corrected chi connectivity index (χ0v) is 12.7. The number of aliphatic hydroxyl groups is 2. The highest BCUT2D eigenvalue weighted by Gasteiger charge is 2.51. The van der Waals surface area contributed by atoms with Crippen molar-refractivity contribution in [2.75, 3.05) is 0 Å². The molecule has 2 N–H and O–H groups in total. The van der Waals surface area contributed by atoms with Crippen LogP contribution >= 0.6 is 23.2 Å². The van der Waals surface area contributed by atoms with E-state index in [0.717, 1.165) is 5.56 Å². The Morgan fingerprint density at radius 3 is 2.48 bits per heavy atom. The normalized spacial score (nSPS) is 26.2. The highest BCUT2D eigenvalue weighted by Crippen LogP contribution is 2.52. The van der Waals surface area contributed by atoms with Crippen molar-refractivity contribution in [2.24, 2.45) is 0 Å². The van der Waals surface area contributed by atoms with E-state index >= 15 is 0 Å². The Morgan fingerprint density at radius 2 is 1.90 bits per heavy atom. The van der Waals surface area contributed by atoms with Gasteiger partial charge in [-0.1, -0.05) is 35.3 Å². The summed E-state index contributed by atoms with van der Waals surface area (Å²) in [5, 5.41) is 21.5. The van der Waals surface area contributed by atoms with Crippen molar-refractivity contribution in [3.8, 4) is 0 Å². The maximum absolute atomic E-state index is 10.8. The smallest absolute Gasteiger partial charge is 0.106 e. The van der Waals surface area contributed by atoms with E-state index in [1.165, 1.54) is 0 Å². The summed E-state index contributed by atoms with van der Waals surface area (Å²) in [7, 11) is 0. The van der Waals surface area contributed by atoms with Crippen LogP contribution in [0.4, 0.5) is 0 Å². The second-order valence-electron chi connectivity index (χ2n) is 5.50. The summed E-state index contributed by atoms with van der Waals surface area (Å²) in [6, 6.07) is 10.8. The zero-order valence-electron chi connectivity index (χ0n) is 11.2. The summed E-state index contributed by atoms with van der Waals surface area (Å²) in [6.45, 7) is 0. The first-order valence-electron chi connectivity index (χ1n) is 6.75.